The Kier molecular flexibility index (Phi) is 2.50. The van der Waals surface area contributed by atoms with Crippen molar-refractivity contribution in [2.45, 2.75) is 17.7 Å². The summed E-state index contributed by atoms with van der Waals surface area (Å²) in [7, 11) is 0. The van der Waals surface area contributed by atoms with Crippen molar-refractivity contribution in [3.63, 3.8) is 0 Å². The Morgan fingerprint density at radius 2 is 2.00 bits per heavy atom. The highest BCUT2D eigenvalue weighted by molar-refractivity contribution is 7.99. The summed E-state index contributed by atoms with van der Waals surface area (Å²) in [6, 6.07) is 9.95. The van der Waals surface area contributed by atoms with Crippen LogP contribution in [0.3, 0.4) is 0 Å². The smallest absolute Gasteiger partial charge is 0.310 e. The van der Waals surface area contributed by atoms with Gasteiger partial charge < -0.3 is 5.11 Å². The Bertz CT molecular complexity index is 330. The van der Waals surface area contributed by atoms with Crippen LogP contribution in [0.15, 0.2) is 35.2 Å². The Balaban J connectivity index is 1.92. The number of thioether (sulfide) groups is 1. The van der Waals surface area contributed by atoms with Gasteiger partial charge in [0.2, 0.25) is 0 Å². The summed E-state index contributed by atoms with van der Waals surface area (Å²) in [5, 5.41) is 8.97. The van der Waals surface area contributed by atoms with E-state index in [1.165, 1.54) is 0 Å². The van der Waals surface area contributed by atoms with E-state index >= 15 is 0 Å². The highest BCUT2D eigenvalue weighted by Crippen LogP contribution is 2.49. The monoisotopic (exact) mass is 208 g/mol. The van der Waals surface area contributed by atoms with Gasteiger partial charge in [-0.05, 0) is 25.0 Å². The molecule has 1 aromatic carbocycles. The minimum Gasteiger partial charge on any atom is -0.481 e. The Morgan fingerprint density at radius 3 is 2.50 bits per heavy atom. The highest BCUT2D eigenvalue weighted by atomic mass is 32.2. The van der Waals surface area contributed by atoms with Crippen LogP contribution in [0.4, 0.5) is 0 Å². The van der Waals surface area contributed by atoms with Crippen molar-refractivity contribution in [2.75, 3.05) is 5.75 Å². The summed E-state index contributed by atoms with van der Waals surface area (Å²) in [4.78, 5) is 12.0. The summed E-state index contributed by atoms with van der Waals surface area (Å²) in [5.74, 6) is 0.0627. The average molecular weight is 208 g/mol. The van der Waals surface area contributed by atoms with E-state index in [-0.39, 0.29) is 0 Å². The van der Waals surface area contributed by atoms with Crippen LogP contribution in [0.2, 0.25) is 0 Å². The molecule has 74 valence electrons. The van der Waals surface area contributed by atoms with Crippen LogP contribution >= 0.6 is 11.8 Å². The lowest BCUT2D eigenvalue weighted by molar-refractivity contribution is -0.142. The number of hydrogen-bond acceptors (Lipinski definition) is 2. The number of aliphatic carboxylic acids is 1. The summed E-state index contributed by atoms with van der Waals surface area (Å²) in [6.45, 7) is 0. The van der Waals surface area contributed by atoms with Crippen LogP contribution in [0.25, 0.3) is 0 Å². The maximum atomic E-state index is 10.9. The van der Waals surface area contributed by atoms with Crippen molar-refractivity contribution in [1.29, 1.82) is 0 Å². The second kappa shape index (κ2) is 3.65. The van der Waals surface area contributed by atoms with Crippen molar-refractivity contribution in [2.24, 2.45) is 5.41 Å². The van der Waals surface area contributed by atoms with Crippen molar-refractivity contribution in [1.82, 2.24) is 0 Å². The first-order valence-electron chi connectivity index (χ1n) is 4.64. The van der Waals surface area contributed by atoms with Gasteiger partial charge in [0, 0.05) is 10.6 Å². The molecule has 1 saturated carbocycles. The highest BCUT2D eigenvalue weighted by Gasteiger charge is 2.49. The Labute approximate surface area is 87.3 Å². The zero-order chi connectivity index (χ0) is 10.0. The van der Waals surface area contributed by atoms with Gasteiger partial charge in [0.05, 0.1) is 5.41 Å². The predicted octanol–water partition coefficient (Wildman–Crippen LogP) is 2.64. The molecule has 1 aromatic rings. The van der Waals surface area contributed by atoms with E-state index in [1.54, 1.807) is 11.8 Å². The first kappa shape index (κ1) is 9.59. The summed E-state index contributed by atoms with van der Waals surface area (Å²) in [6.07, 6.45) is 1.67. The van der Waals surface area contributed by atoms with Gasteiger partial charge in [0.1, 0.15) is 0 Å². The molecule has 2 rings (SSSR count). The fourth-order valence-electron chi connectivity index (χ4n) is 1.31. The van der Waals surface area contributed by atoms with Gasteiger partial charge in [0.25, 0.3) is 0 Å². The molecule has 14 heavy (non-hydrogen) atoms. The van der Waals surface area contributed by atoms with Gasteiger partial charge >= 0.3 is 5.97 Å². The average Bonchev–Trinajstić information content (AvgIpc) is 2.97. The molecule has 0 aromatic heterocycles. The van der Waals surface area contributed by atoms with Gasteiger partial charge in [-0.25, -0.2) is 0 Å². The third-order valence-corrected chi connectivity index (χ3v) is 3.87. The lowest BCUT2D eigenvalue weighted by Crippen LogP contribution is -2.17. The number of benzene rings is 1. The molecule has 0 amide bonds. The van der Waals surface area contributed by atoms with Crippen molar-refractivity contribution < 1.29 is 9.90 Å². The molecule has 0 aliphatic heterocycles. The molecule has 0 atom stereocenters. The normalized spacial score (nSPS) is 17.7. The molecule has 0 spiro atoms. The third-order valence-electron chi connectivity index (χ3n) is 2.57. The first-order valence-corrected chi connectivity index (χ1v) is 5.63. The maximum absolute atomic E-state index is 10.9. The number of carbonyl (C=O) groups is 1. The minimum absolute atomic E-state index is 0.416. The lowest BCUT2D eigenvalue weighted by Gasteiger charge is -2.08. The molecule has 1 fully saturated rings. The van der Waals surface area contributed by atoms with Crippen molar-refractivity contribution in [3.8, 4) is 0 Å². The van der Waals surface area contributed by atoms with E-state index in [9.17, 15) is 4.79 Å². The largest absolute Gasteiger partial charge is 0.481 e. The Hall–Kier alpha value is -0.960. The van der Waals surface area contributed by atoms with Gasteiger partial charge in [-0.1, -0.05) is 18.2 Å². The number of carboxylic acids is 1. The summed E-state index contributed by atoms with van der Waals surface area (Å²) >= 11 is 1.64. The third kappa shape index (κ3) is 1.93. The quantitative estimate of drug-likeness (QED) is 0.773. The fraction of sp³-hybridized carbons (Fsp3) is 0.364. The number of hydrogen-bond donors (Lipinski definition) is 1. The van der Waals surface area contributed by atoms with Crippen LogP contribution in [0.1, 0.15) is 12.8 Å². The topological polar surface area (TPSA) is 37.3 Å². The maximum Gasteiger partial charge on any atom is 0.310 e. The minimum atomic E-state index is -0.638. The van der Waals surface area contributed by atoms with Gasteiger partial charge in [0.15, 0.2) is 0 Å². The standard InChI is InChI=1S/C11H12O2S/c12-10(13)11(6-7-11)8-14-9-4-2-1-3-5-9/h1-5H,6-8H2,(H,12,13). The molecule has 1 aliphatic rings. The summed E-state index contributed by atoms with van der Waals surface area (Å²) in [5.41, 5.74) is -0.416. The molecule has 0 bridgehead atoms. The van der Waals surface area contributed by atoms with E-state index in [1.807, 2.05) is 30.3 Å². The molecule has 0 unspecified atom stereocenters. The van der Waals surface area contributed by atoms with Crippen LogP contribution < -0.4 is 0 Å². The van der Waals surface area contributed by atoms with E-state index in [0.29, 0.717) is 5.75 Å². The SMILES string of the molecule is O=C(O)C1(CSc2ccccc2)CC1. The number of rotatable bonds is 4. The number of carboxylic acid groups (broad SMARTS) is 1. The van der Waals surface area contributed by atoms with Crippen LogP contribution in [0, 0.1) is 5.41 Å². The van der Waals surface area contributed by atoms with Crippen LogP contribution in [-0.2, 0) is 4.79 Å². The molecule has 0 saturated heterocycles. The zero-order valence-corrected chi connectivity index (χ0v) is 8.59. The van der Waals surface area contributed by atoms with E-state index in [2.05, 4.69) is 0 Å². The summed E-state index contributed by atoms with van der Waals surface area (Å²) < 4.78 is 0. The zero-order valence-electron chi connectivity index (χ0n) is 7.77. The van der Waals surface area contributed by atoms with E-state index in [4.69, 9.17) is 5.11 Å². The predicted molar refractivity (Wildman–Crippen MR) is 56.5 cm³/mol. The second-order valence-corrected chi connectivity index (χ2v) is 4.74. The second-order valence-electron chi connectivity index (χ2n) is 3.69. The molecular formula is C11H12O2S. The molecule has 1 N–H and O–H groups in total. The van der Waals surface area contributed by atoms with Crippen molar-refractivity contribution >= 4 is 17.7 Å². The fourth-order valence-corrected chi connectivity index (χ4v) is 2.51. The van der Waals surface area contributed by atoms with E-state index < -0.39 is 11.4 Å². The van der Waals surface area contributed by atoms with Crippen LogP contribution in [0.5, 0.6) is 0 Å². The van der Waals surface area contributed by atoms with Gasteiger partial charge in [-0.15, -0.1) is 11.8 Å². The lowest BCUT2D eigenvalue weighted by atomic mass is 10.1. The molecule has 2 nitrogen and oxygen atoms in total. The Morgan fingerprint density at radius 1 is 1.36 bits per heavy atom. The van der Waals surface area contributed by atoms with Crippen molar-refractivity contribution in [3.05, 3.63) is 30.3 Å². The van der Waals surface area contributed by atoms with Gasteiger partial charge in [-0.3, -0.25) is 4.79 Å². The molecule has 0 heterocycles. The van der Waals surface area contributed by atoms with Gasteiger partial charge in [-0.2, -0.15) is 0 Å². The molecule has 0 radical (unpaired) electrons. The molecule has 3 heteroatoms. The molecular weight excluding hydrogens is 196 g/mol. The van der Waals surface area contributed by atoms with Crippen LogP contribution in [-0.4, -0.2) is 16.8 Å². The molecule has 1 aliphatic carbocycles. The van der Waals surface area contributed by atoms with E-state index in [0.717, 1.165) is 17.7 Å². The first-order chi connectivity index (χ1) is 6.73.